The van der Waals surface area contributed by atoms with Crippen molar-refractivity contribution in [3.8, 4) is 0 Å². The maximum atomic E-state index is 10.9. The molecule has 0 aromatic rings. The topological polar surface area (TPSA) is 44.8 Å². The Morgan fingerprint density at radius 2 is 1.40 bits per heavy atom. The van der Waals surface area contributed by atoms with E-state index in [1.54, 1.807) is 0 Å². The van der Waals surface area contributed by atoms with Crippen molar-refractivity contribution in [3.05, 3.63) is 0 Å². The van der Waals surface area contributed by atoms with Crippen LogP contribution in [0.15, 0.2) is 0 Å². The fourth-order valence-electron chi connectivity index (χ4n) is 0.681. The Kier molecular flexibility index (Phi) is 4.51. The Morgan fingerprint density at radius 1 is 1.10 bits per heavy atom. The molecule has 0 atom stereocenters. The summed E-state index contributed by atoms with van der Waals surface area (Å²) in [5.41, 5.74) is 0. The summed E-state index contributed by atoms with van der Waals surface area (Å²) in [6.07, 6.45) is 0. The number of carbonyl (C=O) groups is 1. The molecule has 0 heterocycles. The minimum atomic E-state index is -3.79. The molecule has 10 heavy (non-hydrogen) atoms. The Bertz CT molecular complexity index is 113. The first-order chi connectivity index (χ1) is 4.63. The number of carbonyl (C=O) groups excluding carboxylic acids is 1. The molecule has 0 aromatic carbocycles. The van der Waals surface area contributed by atoms with Crippen LogP contribution in [0.3, 0.4) is 0 Å². The van der Waals surface area contributed by atoms with Crippen molar-refractivity contribution in [3.63, 3.8) is 0 Å². The van der Waals surface area contributed by atoms with Gasteiger partial charge >= 0.3 is 66.4 Å². The van der Waals surface area contributed by atoms with Gasteiger partial charge in [-0.3, -0.25) is 0 Å². The van der Waals surface area contributed by atoms with E-state index in [0.29, 0.717) is 0 Å². The molecule has 0 aromatic heterocycles. The molecule has 0 spiro atoms. The van der Waals surface area contributed by atoms with Crippen LogP contribution in [0.25, 0.3) is 0 Å². The van der Waals surface area contributed by atoms with Crippen LogP contribution in [0.1, 0.15) is 6.92 Å². The third-order valence-electron chi connectivity index (χ3n) is 1.24. The third kappa shape index (κ3) is 1.95. The molecule has 5 heteroatoms. The maximum absolute atomic E-state index is 10.9. The van der Waals surface area contributed by atoms with Crippen molar-refractivity contribution in [1.82, 2.24) is 0 Å². The summed E-state index contributed by atoms with van der Waals surface area (Å²) in [4.78, 5) is 10.9. The van der Waals surface area contributed by atoms with E-state index in [-0.39, 0.29) is 3.54 Å². The van der Waals surface area contributed by atoms with E-state index in [9.17, 15) is 4.79 Å². The molecule has 0 rings (SSSR count). The molecular formula is C5H12HfO4. The monoisotopic (exact) mass is 316 g/mol. The fourth-order valence-corrected chi connectivity index (χ4v) is 5.58. The second-order valence-corrected chi connectivity index (χ2v) is 12.7. The standard InChI is InChI=1S/C2H3O.3CH3O.Hf/c1-2-3;3*1-2;/h1H3;3*1H3;/q;3*-1;+3. The predicted octanol–water partition coefficient (Wildman–Crippen LogP) is 0.371. The summed E-state index contributed by atoms with van der Waals surface area (Å²) < 4.78 is 14.7. The zero-order valence-corrected chi connectivity index (χ0v) is 10.2. The quantitative estimate of drug-likeness (QED) is 0.704. The van der Waals surface area contributed by atoms with Gasteiger partial charge in [0.1, 0.15) is 0 Å². The molecular weight excluding hydrogens is 303 g/mol. The first kappa shape index (κ1) is 10.4. The van der Waals surface area contributed by atoms with Crippen LogP contribution in [0.2, 0.25) is 0 Å². The van der Waals surface area contributed by atoms with Crippen molar-refractivity contribution in [2.45, 2.75) is 6.92 Å². The Labute approximate surface area is 66.6 Å². The molecule has 0 amide bonds. The molecule has 0 aliphatic heterocycles. The second-order valence-electron chi connectivity index (χ2n) is 1.72. The zero-order valence-electron chi connectivity index (χ0n) is 6.63. The van der Waals surface area contributed by atoms with Gasteiger partial charge in [-0.1, -0.05) is 0 Å². The summed E-state index contributed by atoms with van der Waals surface area (Å²) in [7, 11) is 4.32. The van der Waals surface area contributed by atoms with Gasteiger partial charge in [-0.05, 0) is 0 Å². The van der Waals surface area contributed by atoms with Gasteiger partial charge in [-0.2, -0.15) is 0 Å². The molecule has 0 saturated heterocycles. The summed E-state index contributed by atoms with van der Waals surface area (Å²) in [6, 6.07) is 0. The third-order valence-corrected chi connectivity index (χ3v) is 10.1. The number of hydrogen-bond donors (Lipinski definition) is 0. The molecule has 60 valence electrons. The summed E-state index contributed by atoms with van der Waals surface area (Å²) in [5.74, 6) is 0. The van der Waals surface area contributed by atoms with Crippen LogP contribution in [-0.2, 0) is 34.6 Å². The van der Waals surface area contributed by atoms with Gasteiger partial charge in [-0.15, -0.1) is 0 Å². The minimum absolute atomic E-state index is 0.0972. The van der Waals surface area contributed by atoms with Gasteiger partial charge in [-0.25, -0.2) is 0 Å². The Hall–Kier alpha value is 0.420. The zero-order chi connectivity index (χ0) is 8.20. The van der Waals surface area contributed by atoms with Crippen LogP contribution in [-0.4, -0.2) is 24.9 Å². The molecule has 0 unspecified atom stereocenters. The van der Waals surface area contributed by atoms with Crippen LogP contribution in [0, 0.1) is 0 Å². The second kappa shape index (κ2) is 4.33. The van der Waals surface area contributed by atoms with Gasteiger partial charge in [0.05, 0.1) is 0 Å². The van der Waals surface area contributed by atoms with Crippen LogP contribution in [0.5, 0.6) is 0 Å². The van der Waals surface area contributed by atoms with Crippen molar-refractivity contribution in [2.75, 3.05) is 21.3 Å². The molecule has 0 aliphatic rings. The van der Waals surface area contributed by atoms with Gasteiger partial charge in [0.15, 0.2) is 0 Å². The SMILES string of the molecule is C[O][Hf]([O]C)([O]C)[C](C)=O. The fraction of sp³-hybridized carbons (Fsp3) is 0.800. The molecule has 4 nitrogen and oxygen atoms in total. The van der Waals surface area contributed by atoms with E-state index in [4.69, 9.17) is 8.56 Å². The summed E-state index contributed by atoms with van der Waals surface area (Å²) >= 11 is -3.79. The van der Waals surface area contributed by atoms with E-state index in [2.05, 4.69) is 0 Å². The van der Waals surface area contributed by atoms with Crippen molar-refractivity contribution < 1.29 is 34.6 Å². The van der Waals surface area contributed by atoms with Gasteiger partial charge < -0.3 is 0 Å². The van der Waals surface area contributed by atoms with Gasteiger partial charge in [0.2, 0.25) is 0 Å². The molecule has 0 saturated carbocycles. The van der Waals surface area contributed by atoms with E-state index in [1.807, 2.05) is 0 Å². The Morgan fingerprint density at radius 3 is 1.40 bits per heavy atom. The molecule has 0 bridgehead atoms. The molecule has 0 radical (unpaired) electrons. The van der Waals surface area contributed by atoms with Crippen molar-refractivity contribution in [2.24, 2.45) is 0 Å². The molecule has 0 fully saturated rings. The van der Waals surface area contributed by atoms with E-state index >= 15 is 0 Å². The summed E-state index contributed by atoms with van der Waals surface area (Å²) in [5, 5.41) is 0. The number of hydrogen-bond acceptors (Lipinski definition) is 4. The Balaban J connectivity index is 4.31. The molecule has 0 N–H and O–H groups in total. The molecule has 0 aliphatic carbocycles. The first-order valence-electron chi connectivity index (χ1n) is 2.79. The van der Waals surface area contributed by atoms with Crippen LogP contribution in [0.4, 0.5) is 0 Å². The van der Waals surface area contributed by atoms with Crippen LogP contribution < -0.4 is 0 Å². The van der Waals surface area contributed by atoms with Crippen LogP contribution >= 0.6 is 0 Å². The first-order valence-corrected chi connectivity index (χ1v) is 8.99. The normalized spacial score (nSPS) is 11.6. The van der Waals surface area contributed by atoms with Crippen molar-refractivity contribution >= 4 is 3.54 Å². The van der Waals surface area contributed by atoms with E-state index < -0.39 is 21.3 Å². The van der Waals surface area contributed by atoms with E-state index in [1.165, 1.54) is 28.3 Å². The van der Waals surface area contributed by atoms with Crippen molar-refractivity contribution in [1.29, 1.82) is 0 Å². The van der Waals surface area contributed by atoms with Gasteiger partial charge in [0.25, 0.3) is 0 Å². The van der Waals surface area contributed by atoms with Gasteiger partial charge in [0, 0.05) is 0 Å². The average Bonchev–Trinajstić information content (AvgIpc) is 1.92. The summed E-state index contributed by atoms with van der Waals surface area (Å²) in [6.45, 7) is 1.43. The average molecular weight is 315 g/mol. The number of rotatable bonds is 4. The van der Waals surface area contributed by atoms with E-state index in [0.717, 1.165) is 0 Å². The predicted molar refractivity (Wildman–Crippen MR) is 31.7 cm³/mol.